The van der Waals surface area contributed by atoms with E-state index in [4.69, 9.17) is 21.1 Å². The summed E-state index contributed by atoms with van der Waals surface area (Å²) in [5.41, 5.74) is 0.469. The van der Waals surface area contributed by atoms with Crippen LogP contribution in [0.1, 0.15) is 37.6 Å². The van der Waals surface area contributed by atoms with E-state index in [1.165, 1.54) is 30.1 Å². The van der Waals surface area contributed by atoms with Crippen LogP contribution in [0, 0.1) is 10.1 Å². The summed E-state index contributed by atoms with van der Waals surface area (Å²) in [6.45, 7) is 3.39. The highest BCUT2D eigenvalue weighted by Crippen LogP contribution is 2.38. The van der Waals surface area contributed by atoms with Crippen molar-refractivity contribution < 1.29 is 19.2 Å². The maximum Gasteiger partial charge on any atom is 0.315 e. The first-order valence-corrected chi connectivity index (χ1v) is 13.6. The Morgan fingerprint density at radius 2 is 1.98 bits per heavy atom. The summed E-state index contributed by atoms with van der Waals surface area (Å²) in [4.78, 5) is 41.7. The molecule has 1 N–H and O–H groups in total. The average molecular weight is 643 g/mol. The minimum atomic E-state index is -0.655. The molecule has 0 fully saturated rings. The summed E-state index contributed by atoms with van der Waals surface area (Å²) < 4.78 is 12.8. The molecular formula is C28H25BrClN5O6. The fourth-order valence-electron chi connectivity index (χ4n) is 3.89. The van der Waals surface area contributed by atoms with E-state index in [0.29, 0.717) is 38.3 Å². The van der Waals surface area contributed by atoms with E-state index in [9.17, 15) is 19.7 Å². The molecule has 1 aromatic heterocycles. The number of anilines is 1. The number of nitrogens with zero attached hydrogens (tertiary/aromatic N) is 4. The molecule has 212 valence electrons. The fraction of sp³-hybridized carbons (Fsp3) is 0.214. The molecule has 0 radical (unpaired) electrons. The van der Waals surface area contributed by atoms with Gasteiger partial charge in [-0.15, -0.1) is 0 Å². The quantitative estimate of drug-likeness (QED) is 0.125. The van der Waals surface area contributed by atoms with Crippen LogP contribution in [0.5, 0.6) is 11.5 Å². The van der Waals surface area contributed by atoms with Crippen molar-refractivity contribution in [1.29, 1.82) is 0 Å². The highest BCUT2D eigenvalue weighted by molar-refractivity contribution is 9.10. The molecule has 0 unspecified atom stereocenters. The number of nitro benzene ring substituents is 1. The highest BCUT2D eigenvalue weighted by Gasteiger charge is 2.23. The number of methoxy groups -OCH3 is 1. The van der Waals surface area contributed by atoms with Crippen LogP contribution < -0.4 is 20.3 Å². The van der Waals surface area contributed by atoms with Gasteiger partial charge in [-0.2, -0.15) is 9.78 Å². The molecule has 0 saturated heterocycles. The predicted octanol–water partition coefficient (Wildman–Crippen LogP) is 6.14. The second kappa shape index (κ2) is 12.9. The van der Waals surface area contributed by atoms with Gasteiger partial charge in [-0.3, -0.25) is 19.7 Å². The maximum atomic E-state index is 13.4. The van der Waals surface area contributed by atoms with Crippen LogP contribution >= 0.6 is 27.5 Å². The molecule has 0 spiro atoms. The lowest BCUT2D eigenvalue weighted by Crippen LogP contribution is -2.23. The van der Waals surface area contributed by atoms with Crippen LogP contribution in [0.3, 0.4) is 0 Å². The summed E-state index contributed by atoms with van der Waals surface area (Å²) in [5.74, 6) is -0.393. The standard InChI is InChI=1S/C28H25BrClN5O6/c1-4-16(2)27-33-22-10-5-18(29)13-21(22)28(37)34(27)31-14-17-11-23(35(38)39)26(24(12-17)40-3)41-15-25(36)32-20-8-6-19(30)7-9-20/h5-14,16H,4,15H2,1-3H3,(H,32,36)/t16-/m1/s1. The molecule has 11 nitrogen and oxygen atoms in total. The molecule has 0 bridgehead atoms. The number of fused-ring (bicyclic) bond motifs is 1. The third-order valence-electron chi connectivity index (χ3n) is 6.16. The van der Waals surface area contributed by atoms with Crippen LogP contribution in [0.15, 0.2) is 69.0 Å². The Kier molecular flexibility index (Phi) is 9.35. The molecule has 1 amide bonds. The van der Waals surface area contributed by atoms with Crippen LogP contribution in [0.4, 0.5) is 11.4 Å². The van der Waals surface area contributed by atoms with Gasteiger partial charge in [0.2, 0.25) is 5.75 Å². The molecule has 3 aromatic carbocycles. The Morgan fingerprint density at radius 3 is 2.63 bits per heavy atom. The van der Waals surface area contributed by atoms with Crippen molar-refractivity contribution in [2.75, 3.05) is 19.0 Å². The number of ether oxygens (including phenoxy) is 2. The molecule has 1 atom stereocenters. The summed E-state index contributed by atoms with van der Waals surface area (Å²) >= 11 is 9.24. The van der Waals surface area contributed by atoms with Gasteiger partial charge in [0.15, 0.2) is 12.4 Å². The van der Waals surface area contributed by atoms with Gasteiger partial charge in [0.05, 0.1) is 29.2 Å². The topological polar surface area (TPSA) is 138 Å². The van der Waals surface area contributed by atoms with Crippen molar-refractivity contribution in [1.82, 2.24) is 9.66 Å². The zero-order valence-electron chi connectivity index (χ0n) is 22.3. The Balaban J connectivity index is 1.67. The predicted molar refractivity (Wildman–Crippen MR) is 161 cm³/mol. The maximum absolute atomic E-state index is 13.4. The van der Waals surface area contributed by atoms with Gasteiger partial charge >= 0.3 is 5.69 Å². The first kappa shape index (κ1) is 29.7. The van der Waals surface area contributed by atoms with Gasteiger partial charge in [-0.1, -0.05) is 41.4 Å². The molecule has 4 rings (SSSR count). The van der Waals surface area contributed by atoms with Crippen molar-refractivity contribution >= 4 is 61.9 Å². The summed E-state index contributed by atoms with van der Waals surface area (Å²) in [6, 6.07) is 14.3. The molecule has 0 aliphatic rings. The SMILES string of the molecule is CC[C@@H](C)c1nc2ccc(Br)cc2c(=O)n1N=Cc1cc(OC)c(OCC(=O)Nc2ccc(Cl)cc2)c([N+](=O)[O-])c1. The zero-order chi connectivity index (χ0) is 29.7. The van der Waals surface area contributed by atoms with Gasteiger partial charge in [0.25, 0.3) is 11.5 Å². The minimum Gasteiger partial charge on any atom is -0.493 e. The highest BCUT2D eigenvalue weighted by atomic mass is 79.9. The third kappa shape index (κ3) is 6.90. The zero-order valence-corrected chi connectivity index (χ0v) is 24.6. The molecule has 13 heteroatoms. The smallest absolute Gasteiger partial charge is 0.315 e. The van der Waals surface area contributed by atoms with Crippen molar-refractivity contribution in [2.24, 2.45) is 5.10 Å². The van der Waals surface area contributed by atoms with Gasteiger partial charge in [-0.25, -0.2) is 4.98 Å². The third-order valence-corrected chi connectivity index (χ3v) is 6.90. The molecular weight excluding hydrogens is 618 g/mol. The first-order chi connectivity index (χ1) is 19.6. The number of carbonyl (C=O) groups excluding carboxylic acids is 1. The number of hydrogen-bond acceptors (Lipinski definition) is 8. The van der Waals surface area contributed by atoms with Gasteiger partial charge in [0.1, 0.15) is 5.82 Å². The summed E-state index contributed by atoms with van der Waals surface area (Å²) in [6.07, 6.45) is 2.02. The molecule has 0 aliphatic carbocycles. The van der Waals surface area contributed by atoms with E-state index in [1.807, 2.05) is 13.8 Å². The van der Waals surface area contributed by atoms with Crippen LogP contribution in [-0.2, 0) is 4.79 Å². The second-order valence-electron chi connectivity index (χ2n) is 8.97. The number of nitro groups is 1. The number of benzene rings is 3. The first-order valence-electron chi connectivity index (χ1n) is 12.4. The number of amides is 1. The van der Waals surface area contributed by atoms with Gasteiger partial charge in [-0.05, 0) is 55.0 Å². The lowest BCUT2D eigenvalue weighted by molar-refractivity contribution is -0.385. The molecule has 0 saturated carbocycles. The van der Waals surface area contributed by atoms with E-state index in [-0.39, 0.29) is 28.5 Å². The molecule has 1 heterocycles. The van der Waals surface area contributed by atoms with Crippen molar-refractivity contribution in [3.63, 3.8) is 0 Å². The Labute approximate surface area is 248 Å². The summed E-state index contributed by atoms with van der Waals surface area (Å²) in [5, 5.41) is 19.8. The van der Waals surface area contributed by atoms with Crippen molar-refractivity contribution in [2.45, 2.75) is 26.2 Å². The van der Waals surface area contributed by atoms with Crippen LogP contribution in [0.25, 0.3) is 10.9 Å². The van der Waals surface area contributed by atoms with Gasteiger partial charge in [0, 0.05) is 32.7 Å². The van der Waals surface area contributed by atoms with E-state index >= 15 is 0 Å². The Morgan fingerprint density at radius 1 is 1.24 bits per heavy atom. The number of carbonyl (C=O) groups is 1. The van der Waals surface area contributed by atoms with Crippen molar-refractivity contribution in [3.8, 4) is 11.5 Å². The average Bonchev–Trinajstić information content (AvgIpc) is 2.96. The largest absolute Gasteiger partial charge is 0.493 e. The Bertz CT molecular complexity index is 1710. The number of aromatic nitrogens is 2. The molecule has 41 heavy (non-hydrogen) atoms. The summed E-state index contributed by atoms with van der Waals surface area (Å²) in [7, 11) is 1.32. The second-order valence-corrected chi connectivity index (χ2v) is 10.3. The normalized spacial score (nSPS) is 11.9. The van der Waals surface area contributed by atoms with Crippen LogP contribution in [-0.4, -0.2) is 40.4 Å². The van der Waals surface area contributed by atoms with E-state index in [1.54, 1.807) is 42.5 Å². The van der Waals surface area contributed by atoms with Crippen molar-refractivity contribution in [3.05, 3.63) is 95.9 Å². The number of hydrogen-bond donors (Lipinski definition) is 1. The number of nitrogens with one attached hydrogen (secondary N) is 1. The van der Waals surface area contributed by atoms with E-state index < -0.39 is 23.1 Å². The lowest BCUT2D eigenvalue weighted by atomic mass is 10.1. The van der Waals surface area contributed by atoms with E-state index in [0.717, 1.165) is 0 Å². The fourth-order valence-corrected chi connectivity index (χ4v) is 4.37. The monoisotopic (exact) mass is 641 g/mol. The lowest BCUT2D eigenvalue weighted by Gasteiger charge is -2.14. The Hall–Kier alpha value is -4.29. The van der Waals surface area contributed by atoms with Gasteiger partial charge < -0.3 is 14.8 Å². The number of rotatable bonds is 10. The molecule has 0 aliphatic heterocycles. The van der Waals surface area contributed by atoms with E-state index in [2.05, 4.69) is 31.3 Å². The minimum absolute atomic E-state index is 0.00927. The number of halogens is 2. The van der Waals surface area contributed by atoms with Crippen LogP contribution in [0.2, 0.25) is 5.02 Å². The molecule has 4 aromatic rings.